The molecule has 1 aromatic carbocycles. The van der Waals surface area contributed by atoms with E-state index in [0.29, 0.717) is 0 Å². The van der Waals surface area contributed by atoms with Crippen LogP contribution in [-0.2, 0) is 10.3 Å². The highest BCUT2D eigenvalue weighted by molar-refractivity contribution is 5.54. The number of epoxide rings is 1. The van der Waals surface area contributed by atoms with Gasteiger partial charge in [0.05, 0.1) is 19.0 Å². The third-order valence-electron chi connectivity index (χ3n) is 3.06. The van der Waals surface area contributed by atoms with Crippen molar-refractivity contribution in [1.29, 1.82) is 10.7 Å². The lowest BCUT2D eigenvalue weighted by atomic mass is 9.94. The average Bonchev–Trinajstić information content (AvgIpc) is 2.97. The van der Waals surface area contributed by atoms with Gasteiger partial charge in [0.15, 0.2) is 6.19 Å². The Morgan fingerprint density at radius 3 is 2.72 bits per heavy atom. The first-order valence-corrected chi connectivity index (χ1v) is 5.34. The molecule has 1 fully saturated rings. The van der Waals surface area contributed by atoms with Crippen molar-refractivity contribution in [3.8, 4) is 6.19 Å². The lowest BCUT2D eigenvalue weighted by Gasteiger charge is -2.17. The summed E-state index contributed by atoms with van der Waals surface area (Å²) in [5, 5.41) is 15.8. The van der Waals surface area contributed by atoms with Crippen LogP contribution in [0, 0.1) is 28.5 Å². The van der Waals surface area contributed by atoms with Gasteiger partial charge >= 0.3 is 0 Å². The summed E-state index contributed by atoms with van der Waals surface area (Å²) >= 11 is 0. The molecule has 0 unspecified atom stereocenters. The van der Waals surface area contributed by atoms with Gasteiger partial charge in [-0.15, -0.1) is 0 Å². The highest BCUT2D eigenvalue weighted by Crippen LogP contribution is 2.47. The zero-order chi connectivity index (χ0) is 13.3. The predicted octanol–water partition coefficient (Wildman–Crippen LogP) is 1.97. The van der Waals surface area contributed by atoms with Gasteiger partial charge in [0.1, 0.15) is 17.2 Å². The Morgan fingerprint density at radius 2 is 2.28 bits per heavy atom. The molecule has 1 aromatic rings. The molecule has 6 heteroatoms. The molecule has 0 radical (unpaired) electrons. The van der Waals surface area contributed by atoms with E-state index in [2.05, 4.69) is 0 Å². The van der Waals surface area contributed by atoms with E-state index >= 15 is 0 Å². The third-order valence-corrected chi connectivity index (χ3v) is 3.06. The fourth-order valence-corrected chi connectivity index (χ4v) is 2.01. The highest BCUT2D eigenvalue weighted by Gasteiger charge is 2.57. The number of hydrogen-bond acceptors (Lipinski definition) is 3. The molecule has 1 heterocycles. The molecular formula is C12H11F2N3O. The summed E-state index contributed by atoms with van der Waals surface area (Å²) in [5.41, 5.74) is -0.774. The Kier molecular flexibility index (Phi) is 3.01. The van der Waals surface area contributed by atoms with Gasteiger partial charge < -0.3 is 4.74 Å². The summed E-state index contributed by atoms with van der Waals surface area (Å²) in [4.78, 5) is 1.03. The van der Waals surface area contributed by atoms with Gasteiger partial charge in [0.2, 0.25) is 0 Å². The minimum atomic E-state index is -0.981. The van der Waals surface area contributed by atoms with E-state index in [1.165, 1.54) is 6.07 Å². The van der Waals surface area contributed by atoms with Gasteiger partial charge in [-0.3, -0.25) is 10.3 Å². The standard InChI is InChI=1S/C12H11F2N3O/c1-8-12(18-8,5-17(6-15)7-16)10-3-2-9(13)4-11(10)14/h2-4,6,8,15H,5H2,1H3/t8-,12+/m0/s1. The van der Waals surface area contributed by atoms with E-state index in [0.717, 1.165) is 23.4 Å². The summed E-state index contributed by atoms with van der Waals surface area (Å²) in [6.45, 7) is 1.78. The monoisotopic (exact) mass is 251 g/mol. The van der Waals surface area contributed by atoms with E-state index in [9.17, 15) is 8.78 Å². The van der Waals surface area contributed by atoms with Crippen LogP contribution in [-0.4, -0.2) is 23.9 Å². The number of ether oxygens (including phenoxy) is 1. The maximum atomic E-state index is 13.7. The normalized spacial score (nSPS) is 25.3. The number of nitrogens with zero attached hydrogens (tertiary/aromatic N) is 2. The summed E-state index contributed by atoms with van der Waals surface area (Å²) in [6, 6.07) is 3.25. The van der Waals surface area contributed by atoms with Crippen LogP contribution in [0.15, 0.2) is 18.2 Å². The lowest BCUT2D eigenvalue weighted by molar-refractivity contribution is 0.264. The molecule has 0 amide bonds. The Morgan fingerprint density at radius 1 is 1.61 bits per heavy atom. The van der Waals surface area contributed by atoms with Crippen LogP contribution in [0.3, 0.4) is 0 Å². The van der Waals surface area contributed by atoms with Crippen molar-refractivity contribution < 1.29 is 13.5 Å². The van der Waals surface area contributed by atoms with Crippen molar-refractivity contribution in [2.24, 2.45) is 0 Å². The number of benzene rings is 1. The van der Waals surface area contributed by atoms with Crippen LogP contribution < -0.4 is 0 Å². The van der Waals surface area contributed by atoms with Crippen molar-refractivity contribution in [2.45, 2.75) is 18.6 Å². The third kappa shape index (κ3) is 1.93. The van der Waals surface area contributed by atoms with Gasteiger partial charge in [-0.05, 0) is 13.0 Å². The van der Waals surface area contributed by atoms with Crippen LogP contribution in [0.2, 0.25) is 0 Å². The molecule has 0 saturated carbocycles. The van der Waals surface area contributed by atoms with Crippen LogP contribution in [0.4, 0.5) is 8.78 Å². The second-order valence-electron chi connectivity index (χ2n) is 4.13. The van der Waals surface area contributed by atoms with E-state index in [-0.39, 0.29) is 18.2 Å². The largest absolute Gasteiger partial charge is 0.359 e. The SMILES string of the molecule is C[C@@H]1O[C@@]1(CN(C#N)C=N)c1ccc(F)cc1F. The molecule has 1 aliphatic rings. The van der Waals surface area contributed by atoms with Crippen molar-refractivity contribution in [3.05, 3.63) is 35.4 Å². The molecule has 1 aliphatic heterocycles. The van der Waals surface area contributed by atoms with Crippen molar-refractivity contribution >= 4 is 6.34 Å². The number of rotatable bonds is 4. The molecular weight excluding hydrogens is 240 g/mol. The maximum Gasteiger partial charge on any atom is 0.185 e. The topological polar surface area (TPSA) is 63.4 Å². The number of hydrogen-bond donors (Lipinski definition) is 1. The van der Waals surface area contributed by atoms with E-state index in [1.54, 1.807) is 13.1 Å². The molecule has 0 aliphatic carbocycles. The molecule has 1 N–H and O–H groups in total. The van der Waals surface area contributed by atoms with Crippen LogP contribution in [0.1, 0.15) is 12.5 Å². The van der Waals surface area contributed by atoms with Crippen molar-refractivity contribution in [2.75, 3.05) is 6.54 Å². The molecule has 0 bridgehead atoms. The first-order valence-electron chi connectivity index (χ1n) is 5.34. The van der Waals surface area contributed by atoms with Gasteiger partial charge in [0.25, 0.3) is 0 Å². The van der Waals surface area contributed by atoms with Crippen molar-refractivity contribution in [1.82, 2.24) is 4.90 Å². The van der Waals surface area contributed by atoms with Gasteiger partial charge in [0, 0.05) is 11.6 Å². The van der Waals surface area contributed by atoms with Gasteiger partial charge in [-0.25, -0.2) is 8.78 Å². The minimum Gasteiger partial charge on any atom is -0.359 e. The smallest absolute Gasteiger partial charge is 0.185 e. The van der Waals surface area contributed by atoms with Gasteiger partial charge in [-0.2, -0.15) is 5.26 Å². The second kappa shape index (κ2) is 4.35. The van der Waals surface area contributed by atoms with Crippen LogP contribution in [0.5, 0.6) is 0 Å². The van der Waals surface area contributed by atoms with E-state index in [4.69, 9.17) is 15.4 Å². The average molecular weight is 251 g/mol. The Labute approximate surface area is 103 Å². The molecule has 0 aromatic heterocycles. The quantitative estimate of drug-likeness (QED) is 0.292. The molecule has 1 saturated heterocycles. The zero-order valence-corrected chi connectivity index (χ0v) is 9.65. The number of halogens is 2. The lowest BCUT2D eigenvalue weighted by Crippen LogP contribution is -2.30. The van der Waals surface area contributed by atoms with E-state index < -0.39 is 17.2 Å². The molecule has 0 spiro atoms. The molecule has 94 valence electrons. The Balaban J connectivity index is 2.34. The summed E-state index contributed by atoms with van der Waals surface area (Å²) in [6.07, 6.45) is 2.34. The van der Waals surface area contributed by atoms with Crippen LogP contribution in [0.25, 0.3) is 0 Å². The highest BCUT2D eigenvalue weighted by atomic mass is 19.1. The fourth-order valence-electron chi connectivity index (χ4n) is 2.01. The fraction of sp³-hybridized carbons (Fsp3) is 0.333. The van der Waals surface area contributed by atoms with Crippen molar-refractivity contribution in [3.63, 3.8) is 0 Å². The first kappa shape index (κ1) is 12.5. The minimum absolute atomic E-state index is 0.0384. The molecule has 18 heavy (non-hydrogen) atoms. The van der Waals surface area contributed by atoms with E-state index in [1.807, 2.05) is 0 Å². The summed E-state index contributed by atoms with van der Waals surface area (Å²) < 4.78 is 32.0. The second-order valence-corrected chi connectivity index (χ2v) is 4.13. The zero-order valence-electron chi connectivity index (χ0n) is 9.65. The molecule has 2 atom stereocenters. The summed E-state index contributed by atoms with van der Waals surface area (Å²) in [7, 11) is 0. The number of nitriles is 1. The summed E-state index contributed by atoms with van der Waals surface area (Å²) in [5.74, 6) is -1.37. The van der Waals surface area contributed by atoms with Gasteiger partial charge in [-0.1, -0.05) is 6.07 Å². The number of nitrogens with one attached hydrogen (secondary N) is 1. The molecule has 2 rings (SSSR count). The maximum absolute atomic E-state index is 13.7. The molecule has 4 nitrogen and oxygen atoms in total. The first-order chi connectivity index (χ1) is 8.53. The Hall–Kier alpha value is -2.00. The van der Waals surface area contributed by atoms with Crippen LogP contribution >= 0.6 is 0 Å². The Bertz CT molecular complexity index is 529. The predicted molar refractivity (Wildman–Crippen MR) is 59.7 cm³/mol.